The van der Waals surface area contributed by atoms with Crippen LogP contribution in [-0.2, 0) is 4.74 Å². The molecule has 0 aromatic heterocycles. The minimum absolute atomic E-state index is 0.236. The second-order valence-corrected chi connectivity index (χ2v) is 6.07. The second kappa shape index (κ2) is 6.66. The normalized spacial score (nSPS) is 17.6. The number of benzene rings is 1. The molecule has 1 aliphatic rings. The Morgan fingerprint density at radius 1 is 1.25 bits per heavy atom. The third kappa shape index (κ3) is 4.27. The summed E-state index contributed by atoms with van der Waals surface area (Å²) in [6.07, 6.45) is 4.65. The number of rotatable bonds is 3. The van der Waals surface area contributed by atoms with Crippen LogP contribution in [0.4, 0.5) is 10.5 Å². The van der Waals surface area contributed by atoms with Gasteiger partial charge in [-0.3, -0.25) is 5.32 Å². The summed E-state index contributed by atoms with van der Waals surface area (Å²) in [7, 11) is 0. The van der Waals surface area contributed by atoms with Gasteiger partial charge in [0.15, 0.2) is 0 Å². The number of nitrogens with one attached hydrogen (secondary N) is 1. The number of hydrogen-bond acceptors (Lipinski definition) is 3. The van der Waals surface area contributed by atoms with Crippen molar-refractivity contribution >= 4 is 35.0 Å². The highest BCUT2D eigenvalue weighted by Crippen LogP contribution is 2.27. The fourth-order valence-electron chi connectivity index (χ4n) is 2.34. The van der Waals surface area contributed by atoms with Crippen molar-refractivity contribution < 1.29 is 9.53 Å². The molecule has 4 nitrogen and oxygen atoms in total. The van der Waals surface area contributed by atoms with Gasteiger partial charge in [-0.15, -0.1) is 0 Å². The summed E-state index contributed by atoms with van der Waals surface area (Å²) in [6, 6.07) is 4.85. The van der Waals surface area contributed by atoms with Gasteiger partial charge in [0.05, 0.1) is 15.6 Å². The molecule has 0 bridgehead atoms. The monoisotopic (exact) mass is 316 g/mol. The van der Waals surface area contributed by atoms with Gasteiger partial charge in [0.25, 0.3) is 0 Å². The maximum atomic E-state index is 11.7. The largest absolute Gasteiger partial charge is 0.447 e. The molecule has 110 valence electrons. The van der Waals surface area contributed by atoms with E-state index in [0.717, 1.165) is 25.7 Å². The van der Waals surface area contributed by atoms with E-state index < -0.39 is 6.09 Å². The predicted octanol–water partition coefficient (Wildman–Crippen LogP) is 4.20. The predicted molar refractivity (Wildman–Crippen MR) is 81.4 cm³/mol. The lowest BCUT2D eigenvalue weighted by Gasteiger charge is -2.32. The van der Waals surface area contributed by atoms with Crippen molar-refractivity contribution in [3.63, 3.8) is 0 Å². The molecule has 0 spiro atoms. The number of hydrogen-bond donors (Lipinski definition) is 2. The average molecular weight is 317 g/mol. The zero-order chi connectivity index (χ0) is 14.6. The second-order valence-electron chi connectivity index (χ2n) is 5.25. The van der Waals surface area contributed by atoms with Gasteiger partial charge in [0.2, 0.25) is 0 Å². The van der Waals surface area contributed by atoms with Gasteiger partial charge in [-0.05, 0) is 31.0 Å². The summed E-state index contributed by atoms with van der Waals surface area (Å²) in [5.41, 5.74) is 6.36. The van der Waals surface area contributed by atoms with E-state index in [1.807, 2.05) is 0 Å². The van der Waals surface area contributed by atoms with E-state index in [4.69, 9.17) is 33.7 Å². The molecule has 1 aromatic rings. The summed E-state index contributed by atoms with van der Waals surface area (Å²) in [6.45, 7) is 0.236. The topological polar surface area (TPSA) is 64.3 Å². The van der Waals surface area contributed by atoms with Crippen molar-refractivity contribution in [2.75, 3.05) is 11.9 Å². The summed E-state index contributed by atoms with van der Waals surface area (Å²) in [4.78, 5) is 11.7. The van der Waals surface area contributed by atoms with Crippen LogP contribution in [0.2, 0.25) is 10.0 Å². The third-order valence-corrected chi connectivity index (χ3v) is 4.25. The molecule has 0 radical (unpaired) electrons. The Bertz CT molecular complexity index is 488. The fraction of sp³-hybridized carbons (Fsp3) is 0.500. The first-order valence-electron chi connectivity index (χ1n) is 6.66. The summed E-state index contributed by atoms with van der Waals surface area (Å²) >= 11 is 11.7. The van der Waals surface area contributed by atoms with Crippen LogP contribution in [0.15, 0.2) is 18.2 Å². The van der Waals surface area contributed by atoms with Crippen LogP contribution >= 0.6 is 23.2 Å². The third-order valence-electron chi connectivity index (χ3n) is 3.51. The van der Waals surface area contributed by atoms with Crippen molar-refractivity contribution in [3.8, 4) is 0 Å². The number of ether oxygens (including phenoxy) is 1. The van der Waals surface area contributed by atoms with Crippen LogP contribution in [0.3, 0.4) is 0 Å². The highest BCUT2D eigenvalue weighted by Gasteiger charge is 2.29. The van der Waals surface area contributed by atoms with Gasteiger partial charge in [0, 0.05) is 5.69 Å². The quantitative estimate of drug-likeness (QED) is 0.878. The minimum atomic E-state index is -0.529. The molecule has 1 aliphatic carbocycles. The molecule has 1 fully saturated rings. The molecule has 20 heavy (non-hydrogen) atoms. The average Bonchev–Trinajstić information content (AvgIpc) is 2.42. The van der Waals surface area contributed by atoms with Gasteiger partial charge in [0.1, 0.15) is 6.61 Å². The maximum Gasteiger partial charge on any atom is 0.411 e. The van der Waals surface area contributed by atoms with Crippen molar-refractivity contribution in [2.45, 2.75) is 37.6 Å². The molecule has 2 rings (SSSR count). The van der Waals surface area contributed by atoms with Gasteiger partial charge in [-0.1, -0.05) is 42.5 Å². The van der Waals surface area contributed by atoms with Crippen LogP contribution < -0.4 is 11.1 Å². The number of nitrogens with two attached hydrogens (primary N) is 1. The molecule has 0 unspecified atom stereocenters. The zero-order valence-electron chi connectivity index (χ0n) is 11.1. The Balaban J connectivity index is 1.84. The fourth-order valence-corrected chi connectivity index (χ4v) is 2.64. The number of anilines is 1. The van der Waals surface area contributed by atoms with Crippen molar-refractivity contribution in [2.24, 2.45) is 5.73 Å². The minimum Gasteiger partial charge on any atom is -0.447 e. The lowest BCUT2D eigenvalue weighted by molar-refractivity contribution is 0.112. The molecule has 3 N–H and O–H groups in total. The molecule has 0 saturated heterocycles. The summed E-state index contributed by atoms with van der Waals surface area (Å²) in [5.74, 6) is 0. The van der Waals surface area contributed by atoms with Crippen LogP contribution in [0.1, 0.15) is 32.1 Å². The number of carbonyl (C=O) groups is 1. The SMILES string of the molecule is NC1(COC(=O)Nc2ccc(Cl)c(Cl)c2)CCCCC1. The number of halogens is 2. The first-order chi connectivity index (χ1) is 9.48. The Kier molecular flexibility index (Phi) is 5.13. The van der Waals surface area contributed by atoms with Gasteiger partial charge < -0.3 is 10.5 Å². The smallest absolute Gasteiger partial charge is 0.411 e. The van der Waals surface area contributed by atoms with Gasteiger partial charge in [-0.25, -0.2) is 4.79 Å². The highest BCUT2D eigenvalue weighted by atomic mass is 35.5. The Hall–Kier alpha value is -0.970. The first-order valence-corrected chi connectivity index (χ1v) is 7.42. The van der Waals surface area contributed by atoms with E-state index in [9.17, 15) is 4.79 Å². The van der Waals surface area contributed by atoms with E-state index >= 15 is 0 Å². The molecule has 0 atom stereocenters. The Morgan fingerprint density at radius 2 is 1.95 bits per heavy atom. The van der Waals surface area contributed by atoms with Crippen LogP contribution in [0, 0.1) is 0 Å². The van der Waals surface area contributed by atoms with E-state index in [2.05, 4.69) is 5.32 Å². The van der Waals surface area contributed by atoms with Crippen molar-refractivity contribution in [3.05, 3.63) is 28.2 Å². The molecule has 1 amide bonds. The highest BCUT2D eigenvalue weighted by molar-refractivity contribution is 6.42. The zero-order valence-corrected chi connectivity index (χ0v) is 12.6. The van der Waals surface area contributed by atoms with Crippen LogP contribution in [0.25, 0.3) is 0 Å². The Labute approximate surface area is 128 Å². The van der Waals surface area contributed by atoms with E-state index in [1.54, 1.807) is 18.2 Å². The molecule has 1 aromatic carbocycles. The number of carbonyl (C=O) groups excluding carboxylic acids is 1. The number of amides is 1. The lowest BCUT2D eigenvalue weighted by Crippen LogP contribution is -2.46. The molecular formula is C14H18Cl2N2O2. The van der Waals surface area contributed by atoms with Gasteiger partial charge >= 0.3 is 6.09 Å². The van der Waals surface area contributed by atoms with E-state index in [-0.39, 0.29) is 12.1 Å². The molecular weight excluding hydrogens is 299 g/mol. The van der Waals surface area contributed by atoms with Gasteiger partial charge in [-0.2, -0.15) is 0 Å². The Morgan fingerprint density at radius 3 is 2.60 bits per heavy atom. The van der Waals surface area contributed by atoms with E-state index in [1.165, 1.54) is 6.42 Å². The van der Waals surface area contributed by atoms with Crippen LogP contribution in [-0.4, -0.2) is 18.2 Å². The maximum absolute atomic E-state index is 11.7. The summed E-state index contributed by atoms with van der Waals surface area (Å²) < 4.78 is 5.21. The van der Waals surface area contributed by atoms with Crippen molar-refractivity contribution in [1.82, 2.24) is 0 Å². The first kappa shape index (κ1) is 15.4. The summed E-state index contributed by atoms with van der Waals surface area (Å²) in [5, 5.41) is 3.43. The standard InChI is InChI=1S/C14H18Cl2N2O2/c15-11-5-4-10(8-12(11)16)18-13(19)20-9-14(17)6-2-1-3-7-14/h4-5,8H,1-3,6-7,9,17H2,(H,18,19). The lowest BCUT2D eigenvalue weighted by atomic mass is 9.83. The molecule has 0 aliphatic heterocycles. The molecule has 6 heteroatoms. The van der Waals surface area contributed by atoms with Crippen LogP contribution in [0.5, 0.6) is 0 Å². The molecule has 0 heterocycles. The van der Waals surface area contributed by atoms with E-state index in [0.29, 0.717) is 15.7 Å². The molecule has 1 saturated carbocycles. The van der Waals surface area contributed by atoms with Crippen molar-refractivity contribution in [1.29, 1.82) is 0 Å².